The molecule has 5 heteroatoms. The van der Waals surface area contributed by atoms with Crippen LogP contribution in [0.2, 0.25) is 0 Å². The number of para-hydroxylation sites is 4. The van der Waals surface area contributed by atoms with Crippen LogP contribution in [0, 0.1) is 0 Å². The standard InChI is InChI=1S/C57H40N2O3/c1-35-14-12-21-43-47-32-38(58(36-15-4-2-5-16-36)39-28-31-52-48(33-39)42-20-9-10-24-50(42)60-52)26-29-45(47)57-55(54(35)43)46-30-27-40(34-53(46)62-57)59(37-17-6-3-7-18-37)49-23-13-22-44-41-19-8-11-25-51(41)61-56(44)49/h2-4,6-13,15,17-35H,5,14,16H2,1H3. The minimum Gasteiger partial charge on any atom is -0.456 e. The Morgan fingerprint density at radius 1 is 0.484 bits per heavy atom. The van der Waals surface area contributed by atoms with Gasteiger partial charge in [-0.2, -0.15) is 0 Å². The molecule has 0 bridgehead atoms. The molecule has 0 amide bonds. The number of hydrogen-bond acceptors (Lipinski definition) is 5. The summed E-state index contributed by atoms with van der Waals surface area (Å²) in [7, 11) is 0. The number of benzene rings is 8. The third-order valence-corrected chi connectivity index (χ3v) is 13.1. The van der Waals surface area contributed by atoms with Crippen molar-refractivity contribution in [3.63, 3.8) is 0 Å². The highest BCUT2D eigenvalue weighted by atomic mass is 16.3. The quantitative estimate of drug-likeness (QED) is 0.168. The molecule has 0 saturated carbocycles. The van der Waals surface area contributed by atoms with E-state index in [1.165, 1.54) is 27.6 Å². The molecule has 62 heavy (non-hydrogen) atoms. The van der Waals surface area contributed by atoms with Crippen molar-refractivity contribution in [2.75, 3.05) is 9.80 Å². The van der Waals surface area contributed by atoms with Crippen LogP contribution in [0.4, 0.5) is 28.4 Å². The number of furan rings is 3. The molecule has 2 aliphatic rings. The Morgan fingerprint density at radius 3 is 1.97 bits per heavy atom. The second kappa shape index (κ2) is 13.6. The van der Waals surface area contributed by atoms with Gasteiger partial charge in [0.05, 0.1) is 11.4 Å². The van der Waals surface area contributed by atoms with Crippen LogP contribution < -0.4 is 9.80 Å². The van der Waals surface area contributed by atoms with Crippen molar-refractivity contribution in [3.8, 4) is 0 Å². The van der Waals surface area contributed by atoms with Crippen molar-refractivity contribution < 1.29 is 13.3 Å². The molecular formula is C57H40N2O3. The van der Waals surface area contributed by atoms with Crippen molar-refractivity contribution >= 4 is 111 Å². The van der Waals surface area contributed by atoms with Crippen LogP contribution >= 0.6 is 0 Å². The molecule has 2 aliphatic carbocycles. The summed E-state index contributed by atoms with van der Waals surface area (Å²) in [5.41, 5.74) is 14.5. The van der Waals surface area contributed by atoms with Gasteiger partial charge in [0, 0.05) is 66.5 Å². The van der Waals surface area contributed by atoms with Gasteiger partial charge in [0.15, 0.2) is 5.58 Å². The number of rotatable bonds is 6. The van der Waals surface area contributed by atoms with Gasteiger partial charge in [0.2, 0.25) is 0 Å². The first-order valence-electron chi connectivity index (χ1n) is 21.6. The van der Waals surface area contributed by atoms with E-state index in [4.69, 9.17) is 13.3 Å². The molecule has 0 spiro atoms. The second-order valence-corrected chi connectivity index (χ2v) is 16.7. The largest absolute Gasteiger partial charge is 0.456 e. The molecule has 13 rings (SSSR count). The molecule has 8 aromatic carbocycles. The van der Waals surface area contributed by atoms with Gasteiger partial charge in [-0.15, -0.1) is 0 Å². The predicted octanol–water partition coefficient (Wildman–Crippen LogP) is 16.9. The molecular weight excluding hydrogens is 761 g/mol. The van der Waals surface area contributed by atoms with Gasteiger partial charge in [0.25, 0.3) is 0 Å². The van der Waals surface area contributed by atoms with E-state index in [0.29, 0.717) is 5.92 Å². The van der Waals surface area contributed by atoms with E-state index >= 15 is 0 Å². The topological polar surface area (TPSA) is 45.9 Å². The third-order valence-electron chi connectivity index (χ3n) is 13.1. The first-order chi connectivity index (χ1) is 30.7. The maximum atomic E-state index is 7.14. The van der Waals surface area contributed by atoms with E-state index < -0.39 is 0 Å². The van der Waals surface area contributed by atoms with Crippen LogP contribution in [0.3, 0.4) is 0 Å². The fourth-order valence-electron chi connectivity index (χ4n) is 10.3. The van der Waals surface area contributed by atoms with Crippen molar-refractivity contribution in [3.05, 3.63) is 193 Å². The molecule has 296 valence electrons. The fraction of sp³-hybridized carbons (Fsp3) is 0.0877. The fourth-order valence-corrected chi connectivity index (χ4v) is 10.3. The first kappa shape index (κ1) is 35.0. The summed E-state index contributed by atoms with van der Waals surface area (Å²) in [6.07, 6.45) is 14.3. The molecule has 1 unspecified atom stereocenters. The molecule has 3 aromatic heterocycles. The van der Waals surface area contributed by atoms with Crippen LogP contribution in [0.5, 0.6) is 0 Å². The van der Waals surface area contributed by atoms with Crippen molar-refractivity contribution in [1.82, 2.24) is 0 Å². The van der Waals surface area contributed by atoms with E-state index in [2.05, 4.69) is 174 Å². The molecule has 5 nitrogen and oxygen atoms in total. The third kappa shape index (κ3) is 5.28. The highest BCUT2D eigenvalue weighted by molar-refractivity contribution is 6.21. The maximum absolute atomic E-state index is 7.14. The summed E-state index contributed by atoms with van der Waals surface area (Å²) in [6, 6.07) is 53.8. The van der Waals surface area contributed by atoms with Crippen LogP contribution in [0.1, 0.15) is 43.2 Å². The van der Waals surface area contributed by atoms with E-state index in [0.717, 1.165) is 114 Å². The number of allylic oxidation sites excluding steroid dienone is 5. The molecule has 0 N–H and O–H groups in total. The minimum atomic E-state index is 0.316. The molecule has 11 aromatic rings. The van der Waals surface area contributed by atoms with Crippen LogP contribution in [0.25, 0.3) is 82.7 Å². The Hall–Kier alpha value is -7.76. The highest BCUT2D eigenvalue weighted by Crippen LogP contribution is 2.49. The zero-order chi connectivity index (χ0) is 40.9. The monoisotopic (exact) mass is 800 g/mol. The van der Waals surface area contributed by atoms with Gasteiger partial charge in [-0.3, -0.25) is 0 Å². The molecule has 0 aliphatic heterocycles. The number of hydrogen-bond donors (Lipinski definition) is 0. The number of fused-ring (bicyclic) bond motifs is 14. The molecule has 1 atom stereocenters. The maximum Gasteiger partial charge on any atom is 0.159 e. The number of anilines is 5. The summed E-state index contributed by atoms with van der Waals surface area (Å²) in [4.78, 5) is 4.72. The van der Waals surface area contributed by atoms with Gasteiger partial charge in [-0.25, -0.2) is 0 Å². The second-order valence-electron chi connectivity index (χ2n) is 16.7. The Balaban J connectivity index is 1.01. The van der Waals surface area contributed by atoms with Crippen LogP contribution in [-0.2, 0) is 0 Å². The smallest absolute Gasteiger partial charge is 0.159 e. The van der Waals surface area contributed by atoms with E-state index in [1.807, 2.05) is 24.3 Å². The average molecular weight is 801 g/mol. The van der Waals surface area contributed by atoms with E-state index in [1.54, 1.807) is 0 Å². The van der Waals surface area contributed by atoms with Crippen LogP contribution in [-0.4, -0.2) is 0 Å². The SMILES string of the molecule is CC1CC=Cc2c1c1c3ccc(N(c4ccccc4)c4cccc5c4oc4ccccc45)cc3oc1c1ccc(N(C3=CC=CCC3)c3ccc4oc5ccccc5c4c3)cc21. The van der Waals surface area contributed by atoms with E-state index in [9.17, 15) is 0 Å². The molecule has 0 radical (unpaired) electrons. The van der Waals surface area contributed by atoms with Crippen molar-refractivity contribution in [2.24, 2.45) is 0 Å². The summed E-state index contributed by atoms with van der Waals surface area (Å²) >= 11 is 0. The lowest BCUT2D eigenvalue weighted by molar-refractivity contribution is 0.668. The van der Waals surface area contributed by atoms with Crippen molar-refractivity contribution in [2.45, 2.75) is 32.1 Å². The minimum absolute atomic E-state index is 0.316. The van der Waals surface area contributed by atoms with Gasteiger partial charge in [0.1, 0.15) is 27.9 Å². The lowest BCUT2D eigenvalue weighted by Gasteiger charge is -2.30. The highest BCUT2D eigenvalue weighted by Gasteiger charge is 2.27. The Bertz CT molecular complexity index is 3710. The normalized spacial score (nSPS) is 15.1. The summed E-state index contributed by atoms with van der Waals surface area (Å²) in [5, 5.41) is 9.09. The summed E-state index contributed by atoms with van der Waals surface area (Å²) < 4.78 is 20.0. The lowest BCUT2D eigenvalue weighted by Crippen LogP contribution is -2.17. The van der Waals surface area contributed by atoms with Crippen molar-refractivity contribution in [1.29, 1.82) is 0 Å². The summed E-state index contributed by atoms with van der Waals surface area (Å²) in [5.74, 6) is 0.316. The Labute approximate surface area is 357 Å². The Kier molecular flexibility index (Phi) is 7.70. The van der Waals surface area contributed by atoms with Gasteiger partial charge < -0.3 is 23.1 Å². The molecule has 0 fully saturated rings. The van der Waals surface area contributed by atoms with E-state index in [-0.39, 0.29) is 0 Å². The average Bonchev–Trinajstić information content (AvgIpc) is 4.02. The zero-order valence-corrected chi connectivity index (χ0v) is 34.1. The van der Waals surface area contributed by atoms with Gasteiger partial charge >= 0.3 is 0 Å². The molecule has 3 heterocycles. The first-order valence-corrected chi connectivity index (χ1v) is 21.6. The van der Waals surface area contributed by atoms with Crippen LogP contribution in [0.15, 0.2) is 195 Å². The van der Waals surface area contributed by atoms with Gasteiger partial charge in [-0.05, 0) is 127 Å². The predicted molar refractivity (Wildman–Crippen MR) is 258 cm³/mol. The number of nitrogens with zero attached hydrogens (tertiary/aromatic N) is 2. The summed E-state index contributed by atoms with van der Waals surface area (Å²) in [6.45, 7) is 2.35. The zero-order valence-electron chi connectivity index (χ0n) is 34.1. The Morgan fingerprint density at radius 2 is 1.15 bits per heavy atom. The molecule has 0 saturated heterocycles. The van der Waals surface area contributed by atoms with Gasteiger partial charge in [-0.1, -0.05) is 98.0 Å². The lowest BCUT2D eigenvalue weighted by atomic mass is 9.82.